The maximum absolute atomic E-state index is 6.06. The zero-order valence-electron chi connectivity index (χ0n) is 10.1. The van der Waals surface area contributed by atoms with Crippen LogP contribution in [0, 0.1) is 6.92 Å². The maximum Gasteiger partial charge on any atom is 0.136 e. The number of hydrogen-bond acceptors (Lipinski definition) is 5. The number of benzene rings is 1. The van der Waals surface area contributed by atoms with Gasteiger partial charge in [0.1, 0.15) is 10.8 Å². The van der Waals surface area contributed by atoms with E-state index in [0.717, 1.165) is 37.1 Å². The molecule has 0 saturated heterocycles. The fraction of sp³-hybridized carbons (Fsp3) is 0.154. The first-order valence-electron chi connectivity index (χ1n) is 5.47. The predicted octanol–water partition coefficient (Wildman–Crippen LogP) is 3.92. The summed E-state index contributed by atoms with van der Waals surface area (Å²) in [5, 5.41) is 3.05. The molecule has 2 aromatic heterocycles. The fourth-order valence-electron chi connectivity index (χ4n) is 1.75. The lowest BCUT2D eigenvalue weighted by atomic mass is 10.3. The number of nitrogens with two attached hydrogens (primary N) is 1. The number of thiophene rings is 1. The van der Waals surface area contributed by atoms with Crippen LogP contribution in [0.3, 0.4) is 0 Å². The number of ether oxygens (including phenoxy) is 1. The van der Waals surface area contributed by atoms with Crippen molar-refractivity contribution < 1.29 is 4.74 Å². The van der Waals surface area contributed by atoms with E-state index < -0.39 is 0 Å². The second-order valence-corrected chi connectivity index (χ2v) is 5.92. The molecule has 3 aromatic rings. The lowest BCUT2D eigenvalue weighted by molar-refractivity contribution is 0.415. The van der Waals surface area contributed by atoms with E-state index in [1.54, 1.807) is 29.8 Å². The zero-order valence-corrected chi connectivity index (χ0v) is 11.7. The van der Waals surface area contributed by atoms with Crippen LogP contribution in [-0.4, -0.2) is 12.1 Å². The van der Waals surface area contributed by atoms with Gasteiger partial charge in [-0.25, -0.2) is 4.98 Å². The Kier molecular flexibility index (Phi) is 2.72. The highest BCUT2D eigenvalue weighted by Crippen LogP contribution is 2.39. The van der Waals surface area contributed by atoms with Crippen molar-refractivity contribution in [3.8, 4) is 15.6 Å². The number of nitrogens with zero attached hydrogens (tertiary/aromatic N) is 1. The Balaban J connectivity index is 2.16. The Morgan fingerprint density at radius 3 is 2.83 bits per heavy atom. The summed E-state index contributed by atoms with van der Waals surface area (Å²) < 4.78 is 6.34. The van der Waals surface area contributed by atoms with Crippen LogP contribution >= 0.6 is 22.7 Å². The summed E-state index contributed by atoms with van der Waals surface area (Å²) >= 11 is 3.29. The van der Waals surface area contributed by atoms with Gasteiger partial charge in [-0.05, 0) is 36.1 Å². The molecular weight excluding hydrogens is 264 g/mol. The molecule has 0 spiro atoms. The molecule has 0 saturated carbocycles. The van der Waals surface area contributed by atoms with E-state index in [9.17, 15) is 0 Å². The normalized spacial score (nSPS) is 11.0. The second-order valence-electron chi connectivity index (χ2n) is 4.01. The highest BCUT2D eigenvalue weighted by molar-refractivity contribution is 7.25. The van der Waals surface area contributed by atoms with E-state index in [1.165, 1.54) is 0 Å². The van der Waals surface area contributed by atoms with Crippen LogP contribution in [-0.2, 0) is 0 Å². The van der Waals surface area contributed by atoms with E-state index in [-0.39, 0.29) is 0 Å². The first kappa shape index (κ1) is 11.5. The van der Waals surface area contributed by atoms with Gasteiger partial charge >= 0.3 is 0 Å². The standard InChI is InChI=1S/C13H12N2OS2/c1-7-6-17-12(11(7)14)13-15-9-4-3-8(16-2)5-10(9)18-13/h3-6H,14H2,1-2H3. The Bertz CT molecular complexity index is 715. The van der Waals surface area contributed by atoms with Crippen molar-refractivity contribution >= 4 is 38.6 Å². The van der Waals surface area contributed by atoms with Crippen LogP contribution in [0.2, 0.25) is 0 Å². The molecule has 0 radical (unpaired) electrons. The summed E-state index contributed by atoms with van der Waals surface area (Å²) in [6.07, 6.45) is 0. The molecular formula is C13H12N2OS2. The lowest BCUT2D eigenvalue weighted by Gasteiger charge is -1.96. The molecule has 0 bridgehead atoms. The van der Waals surface area contributed by atoms with Crippen molar-refractivity contribution in [3.63, 3.8) is 0 Å². The fourth-order valence-corrected chi connectivity index (χ4v) is 3.82. The van der Waals surface area contributed by atoms with E-state index in [2.05, 4.69) is 10.4 Å². The van der Waals surface area contributed by atoms with Crippen molar-refractivity contribution in [2.75, 3.05) is 12.8 Å². The molecule has 5 heteroatoms. The minimum atomic E-state index is 0.839. The molecule has 92 valence electrons. The Hall–Kier alpha value is -1.59. The van der Waals surface area contributed by atoms with E-state index >= 15 is 0 Å². The first-order valence-corrected chi connectivity index (χ1v) is 7.17. The molecule has 0 unspecified atom stereocenters. The van der Waals surface area contributed by atoms with Gasteiger partial charge in [0.05, 0.1) is 27.9 Å². The largest absolute Gasteiger partial charge is 0.497 e. The molecule has 1 aromatic carbocycles. The topological polar surface area (TPSA) is 48.1 Å². The zero-order chi connectivity index (χ0) is 12.7. The van der Waals surface area contributed by atoms with Crippen molar-refractivity contribution in [1.82, 2.24) is 4.98 Å². The summed E-state index contributed by atoms with van der Waals surface area (Å²) in [5.74, 6) is 0.855. The minimum absolute atomic E-state index is 0.839. The van der Waals surface area contributed by atoms with E-state index in [4.69, 9.17) is 10.5 Å². The molecule has 3 rings (SSSR count). The molecule has 0 aliphatic heterocycles. The number of methoxy groups -OCH3 is 1. The molecule has 18 heavy (non-hydrogen) atoms. The van der Waals surface area contributed by atoms with Crippen LogP contribution in [0.5, 0.6) is 5.75 Å². The monoisotopic (exact) mass is 276 g/mol. The van der Waals surface area contributed by atoms with Gasteiger partial charge in [-0.3, -0.25) is 0 Å². The molecule has 2 heterocycles. The summed E-state index contributed by atoms with van der Waals surface area (Å²) in [6, 6.07) is 5.91. The third-order valence-electron chi connectivity index (χ3n) is 2.81. The van der Waals surface area contributed by atoms with Crippen LogP contribution in [0.15, 0.2) is 23.6 Å². The number of rotatable bonds is 2. The van der Waals surface area contributed by atoms with E-state index in [0.29, 0.717) is 0 Å². The van der Waals surface area contributed by atoms with Crippen LogP contribution in [0.25, 0.3) is 20.1 Å². The number of anilines is 1. The smallest absolute Gasteiger partial charge is 0.136 e. The maximum atomic E-state index is 6.06. The van der Waals surface area contributed by atoms with Crippen molar-refractivity contribution in [2.45, 2.75) is 6.92 Å². The average molecular weight is 276 g/mol. The van der Waals surface area contributed by atoms with Gasteiger partial charge in [0.2, 0.25) is 0 Å². The number of aryl methyl sites for hydroxylation is 1. The van der Waals surface area contributed by atoms with Gasteiger partial charge in [0, 0.05) is 0 Å². The highest BCUT2D eigenvalue weighted by atomic mass is 32.1. The summed E-state index contributed by atoms with van der Waals surface area (Å²) in [5.41, 5.74) is 9.01. The quantitative estimate of drug-likeness (QED) is 0.771. The van der Waals surface area contributed by atoms with Crippen molar-refractivity contribution in [1.29, 1.82) is 0 Å². The summed E-state index contributed by atoms with van der Waals surface area (Å²) in [4.78, 5) is 5.69. The number of fused-ring (bicyclic) bond motifs is 1. The second kappa shape index (κ2) is 4.26. The third-order valence-corrected chi connectivity index (χ3v) is 5.10. The Morgan fingerprint density at radius 1 is 1.33 bits per heavy atom. The number of hydrogen-bond donors (Lipinski definition) is 1. The minimum Gasteiger partial charge on any atom is -0.497 e. The molecule has 0 fully saturated rings. The summed E-state index contributed by atoms with van der Waals surface area (Å²) in [6.45, 7) is 2.02. The average Bonchev–Trinajstić information content (AvgIpc) is 2.93. The number of thiazole rings is 1. The predicted molar refractivity (Wildman–Crippen MR) is 78.6 cm³/mol. The first-order chi connectivity index (χ1) is 8.69. The SMILES string of the molecule is COc1ccc2nc(-c3scc(C)c3N)sc2c1. The van der Waals surface area contributed by atoms with Gasteiger partial charge in [-0.15, -0.1) is 22.7 Å². The summed E-state index contributed by atoms with van der Waals surface area (Å²) in [7, 11) is 1.67. The Morgan fingerprint density at radius 2 is 2.17 bits per heavy atom. The highest BCUT2D eigenvalue weighted by Gasteiger charge is 2.13. The molecule has 0 aliphatic rings. The van der Waals surface area contributed by atoms with Crippen LogP contribution in [0.4, 0.5) is 5.69 Å². The molecule has 0 atom stereocenters. The van der Waals surface area contributed by atoms with Gasteiger partial charge in [-0.2, -0.15) is 0 Å². The van der Waals surface area contributed by atoms with Crippen molar-refractivity contribution in [2.24, 2.45) is 0 Å². The third kappa shape index (κ3) is 1.76. The number of nitrogen functional groups attached to an aromatic ring is 1. The van der Waals surface area contributed by atoms with Crippen molar-refractivity contribution in [3.05, 3.63) is 29.1 Å². The Labute approximate surface area is 113 Å². The number of aromatic nitrogens is 1. The van der Waals surface area contributed by atoms with Crippen LogP contribution < -0.4 is 10.5 Å². The van der Waals surface area contributed by atoms with Gasteiger partial charge < -0.3 is 10.5 Å². The lowest BCUT2D eigenvalue weighted by Crippen LogP contribution is -1.86. The van der Waals surface area contributed by atoms with Gasteiger partial charge in [-0.1, -0.05) is 0 Å². The molecule has 3 nitrogen and oxygen atoms in total. The van der Waals surface area contributed by atoms with Gasteiger partial charge in [0.15, 0.2) is 0 Å². The molecule has 0 amide bonds. The van der Waals surface area contributed by atoms with Crippen LogP contribution in [0.1, 0.15) is 5.56 Å². The van der Waals surface area contributed by atoms with Gasteiger partial charge in [0.25, 0.3) is 0 Å². The molecule has 0 aliphatic carbocycles. The molecule has 2 N–H and O–H groups in total. The van der Waals surface area contributed by atoms with E-state index in [1.807, 2.05) is 25.1 Å².